The molecule has 1 fully saturated rings. The number of carboxylic acid groups (broad SMARTS) is 1. The fourth-order valence-electron chi connectivity index (χ4n) is 1.52. The average Bonchev–Trinajstić information content (AvgIpc) is 2.20. The minimum atomic E-state index is -0.952. The summed E-state index contributed by atoms with van der Waals surface area (Å²) in [6.07, 6.45) is 1.67. The van der Waals surface area contributed by atoms with Crippen molar-refractivity contribution in [3.63, 3.8) is 0 Å². The topological polar surface area (TPSA) is 81.8 Å². The fraction of sp³-hybridized carbons (Fsp3) is 0.909. The van der Waals surface area contributed by atoms with E-state index in [1.165, 1.54) is 0 Å². The molecule has 0 unspecified atom stereocenters. The molecule has 1 aliphatic rings. The number of aliphatic carboxylic acids is 1. The maximum absolute atomic E-state index is 10.5. The van der Waals surface area contributed by atoms with Crippen molar-refractivity contribution in [3.8, 4) is 0 Å². The minimum Gasteiger partial charge on any atom is -0.480 e. The van der Waals surface area contributed by atoms with Gasteiger partial charge in [0.2, 0.25) is 0 Å². The zero-order valence-electron chi connectivity index (χ0n) is 9.94. The predicted molar refractivity (Wildman–Crippen MR) is 58.9 cm³/mol. The Morgan fingerprint density at radius 1 is 1.50 bits per heavy atom. The van der Waals surface area contributed by atoms with Crippen molar-refractivity contribution in [2.24, 2.45) is 11.1 Å². The van der Waals surface area contributed by atoms with Gasteiger partial charge in [0, 0.05) is 5.41 Å². The zero-order chi connectivity index (χ0) is 12.2. The van der Waals surface area contributed by atoms with E-state index in [2.05, 4.69) is 13.8 Å². The number of carboxylic acids is 1. The van der Waals surface area contributed by atoms with Gasteiger partial charge in [-0.25, -0.2) is 0 Å². The molecular formula is C11H21NO4. The van der Waals surface area contributed by atoms with E-state index in [1.54, 1.807) is 0 Å². The van der Waals surface area contributed by atoms with E-state index < -0.39 is 12.0 Å². The van der Waals surface area contributed by atoms with Gasteiger partial charge in [-0.2, -0.15) is 0 Å². The molecule has 1 saturated heterocycles. The van der Waals surface area contributed by atoms with E-state index in [1.807, 2.05) is 0 Å². The van der Waals surface area contributed by atoms with Crippen LogP contribution in [0, 0.1) is 5.41 Å². The molecular weight excluding hydrogens is 210 g/mol. The summed E-state index contributed by atoms with van der Waals surface area (Å²) in [6.45, 7) is 5.54. The van der Waals surface area contributed by atoms with E-state index in [0.717, 1.165) is 0 Å². The van der Waals surface area contributed by atoms with Gasteiger partial charge in [-0.3, -0.25) is 4.79 Å². The van der Waals surface area contributed by atoms with Crippen LogP contribution in [-0.2, 0) is 14.3 Å². The molecule has 0 bridgehead atoms. The van der Waals surface area contributed by atoms with Crippen LogP contribution in [-0.4, -0.2) is 36.6 Å². The SMILES string of the molecule is CC1(C)COC(CCC[C@@H](N)C(=O)O)OC1. The van der Waals surface area contributed by atoms with E-state index in [4.69, 9.17) is 20.3 Å². The van der Waals surface area contributed by atoms with Crippen molar-refractivity contribution in [2.75, 3.05) is 13.2 Å². The Balaban J connectivity index is 2.13. The van der Waals surface area contributed by atoms with Gasteiger partial charge in [-0.15, -0.1) is 0 Å². The molecule has 0 amide bonds. The van der Waals surface area contributed by atoms with Crippen LogP contribution in [0.1, 0.15) is 33.1 Å². The molecule has 1 rings (SSSR count). The molecule has 1 atom stereocenters. The lowest BCUT2D eigenvalue weighted by atomic mass is 9.95. The fourth-order valence-corrected chi connectivity index (χ4v) is 1.52. The highest BCUT2D eigenvalue weighted by atomic mass is 16.7. The third-order valence-corrected chi connectivity index (χ3v) is 2.59. The summed E-state index contributed by atoms with van der Waals surface area (Å²) in [5.74, 6) is -0.952. The quantitative estimate of drug-likeness (QED) is 0.736. The monoisotopic (exact) mass is 231 g/mol. The van der Waals surface area contributed by atoms with E-state index in [0.29, 0.717) is 32.5 Å². The van der Waals surface area contributed by atoms with E-state index in [9.17, 15) is 4.79 Å². The van der Waals surface area contributed by atoms with Gasteiger partial charge in [-0.05, 0) is 19.3 Å². The Bertz CT molecular complexity index is 232. The third kappa shape index (κ3) is 4.47. The molecule has 94 valence electrons. The maximum Gasteiger partial charge on any atom is 0.320 e. The Kier molecular flexibility index (Phi) is 4.70. The molecule has 0 spiro atoms. The first-order valence-electron chi connectivity index (χ1n) is 5.62. The van der Waals surface area contributed by atoms with Gasteiger partial charge in [0.15, 0.2) is 6.29 Å². The van der Waals surface area contributed by atoms with Crippen LogP contribution in [0.3, 0.4) is 0 Å². The van der Waals surface area contributed by atoms with Gasteiger partial charge >= 0.3 is 5.97 Å². The summed E-state index contributed by atoms with van der Waals surface area (Å²) in [6, 6.07) is -0.778. The summed E-state index contributed by atoms with van der Waals surface area (Å²) in [7, 11) is 0. The molecule has 0 saturated carbocycles. The van der Waals surface area contributed by atoms with Crippen LogP contribution in [0.15, 0.2) is 0 Å². The van der Waals surface area contributed by atoms with Gasteiger partial charge < -0.3 is 20.3 Å². The summed E-state index contributed by atoms with van der Waals surface area (Å²) in [4.78, 5) is 10.5. The Morgan fingerprint density at radius 3 is 2.56 bits per heavy atom. The van der Waals surface area contributed by atoms with Crippen molar-refractivity contribution < 1.29 is 19.4 Å². The van der Waals surface area contributed by atoms with Crippen molar-refractivity contribution >= 4 is 5.97 Å². The average molecular weight is 231 g/mol. The molecule has 0 aromatic heterocycles. The molecule has 5 nitrogen and oxygen atoms in total. The lowest BCUT2D eigenvalue weighted by Crippen LogP contribution is -2.38. The van der Waals surface area contributed by atoms with Gasteiger partial charge in [0.1, 0.15) is 6.04 Å². The summed E-state index contributed by atoms with van der Waals surface area (Å²) in [5, 5.41) is 8.60. The molecule has 5 heteroatoms. The Labute approximate surface area is 95.9 Å². The summed E-state index contributed by atoms with van der Waals surface area (Å²) in [5.41, 5.74) is 5.47. The Morgan fingerprint density at radius 2 is 2.06 bits per heavy atom. The first-order chi connectivity index (χ1) is 7.41. The van der Waals surface area contributed by atoms with Crippen LogP contribution in [0.5, 0.6) is 0 Å². The lowest BCUT2D eigenvalue weighted by molar-refractivity contribution is -0.224. The molecule has 0 aromatic carbocycles. The highest BCUT2D eigenvalue weighted by molar-refractivity contribution is 5.72. The van der Waals surface area contributed by atoms with Gasteiger partial charge in [0.25, 0.3) is 0 Å². The second-order valence-corrected chi connectivity index (χ2v) is 5.09. The highest BCUT2D eigenvalue weighted by Crippen LogP contribution is 2.24. The second-order valence-electron chi connectivity index (χ2n) is 5.09. The van der Waals surface area contributed by atoms with Gasteiger partial charge in [-0.1, -0.05) is 13.8 Å². The van der Waals surface area contributed by atoms with Crippen LogP contribution in [0.2, 0.25) is 0 Å². The molecule has 3 N–H and O–H groups in total. The van der Waals surface area contributed by atoms with Crippen molar-refractivity contribution in [1.82, 2.24) is 0 Å². The largest absolute Gasteiger partial charge is 0.480 e. The van der Waals surface area contributed by atoms with Crippen LogP contribution >= 0.6 is 0 Å². The summed E-state index contributed by atoms with van der Waals surface area (Å²) >= 11 is 0. The van der Waals surface area contributed by atoms with Crippen molar-refractivity contribution in [2.45, 2.75) is 45.4 Å². The summed E-state index contributed by atoms with van der Waals surface area (Å²) < 4.78 is 11.1. The number of rotatable bonds is 5. The zero-order valence-corrected chi connectivity index (χ0v) is 9.94. The van der Waals surface area contributed by atoms with E-state index in [-0.39, 0.29) is 11.7 Å². The second kappa shape index (κ2) is 5.61. The number of hydrogen-bond donors (Lipinski definition) is 2. The minimum absolute atomic E-state index is 0.0773. The number of ether oxygens (including phenoxy) is 2. The molecule has 0 aliphatic carbocycles. The molecule has 1 heterocycles. The third-order valence-electron chi connectivity index (χ3n) is 2.59. The van der Waals surface area contributed by atoms with Crippen LogP contribution < -0.4 is 5.73 Å². The highest BCUT2D eigenvalue weighted by Gasteiger charge is 2.28. The Hall–Kier alpha value is -0.650. The molecule has 16 heavy (non-hydrogen) atoms. The lowest BCUT2D eigenvalue weighted by Gasteiger charge is -2.34. The maximum atomic E-state index is 10.5. The van der Waals surface area contributed by atoms with Crippen LogP contribution in [0.25, 0.3) is 0 Å². The first-order valence-corrected chi connectivity index (χ1v) is 5.62. The molecule has 0 aromatic rings. The number of carbonyl (C=O) groups is 1. The standard InChI is InChI=1S/C11H21NO4/c1-11(2)6-15-9(16-7-11)5-3-4-8(12)10(13)14/h8-9H,3-7,12H2,1-2H3,(H,13,14)/t8-/m1/s1. The molecule has 0 radical (unpaired) electrons. The van der Waals surface area contributed by atoms with Crippen molar-refractivity contribution in [3.05, 3.63) is 0 Å². The normalized spacial score (nSPS) is 22.9. The van der Waals surface area contributed by atoms with Crippen LogP contribution in [0.4, 0.5) is 0 Å². The van der Waals surface area contributed by atoms with Gasteiger partial charge in [0.05, 0.1) is 13.2 Å². The predicted octanol–water partition coefficient (Wildman–Crippen LogP) is 0.968. The molecule has 1 aliphatic heterocycles. The van der Waals surface area contributed by atoms with E-state index >= 15 is 0 Å². The van der Waals surface area contributed by atoms with Crippen molar-refractivity contribution in [1.29, 1.82) is 0 Å². The number of hydrogen-bond acceptors (Lipinski definition) is 4. The smallest absolute Gasteiger partial charge is 0.320 e. The first kappa shape index (κ1) is 13.4. The number of nitrogens with two attached hydrogens (primary N) is 1.